The second-order valence-corrected chi connectivity index (χ2v) is 6.54. The molecule has 0 saturated carbocycles. The number of thioether (sulfide) groups is 1. The van der Waals surface area contributed by atoms with E-state index >= 15 is 0 Å². The first-order valence-electron chi connectivity index (χ1n) is 8.37. The number of esters is 1. The summed E-state index contributed by atoms with van der Waals surface area (Å²) in [5.74, 6) is -1.35. The summed E-state index contributed by atoms with van der Waals surface area (Å²) >= 11 is 1.51. The highest BCUT2D eigenvalue weighted by atomic mass is 32.2. The Kier molecular flexibility index (Phi) is 9.95. The number of hydrogen-bond acceptors (Lipinski definition) is 7. The number of aryl methyl sites for hydroxylation is 1. The van der Waals surface area contributed by atoms with Gasteiger partial charge in [0, 0.05) is 5.56 Å². The van der Waals surface area contributed by atoms with Gasteiger partial charge in [-0.15, -0.1) is 0 Å². The van der Waals surface area contributed by atoms with E-state index in [9.17, 15) is 19.2 Å². The van der Waals surface area contributed by atoms with Crippen molar-refractivity contribution in [2.45, 2.75) is 26.3 Å². The van der Waals surface area contributed by atoms with Crippen LogP contribution in [0.25, 0.3) is 0 Å². The number of alkyl carbamates (subject to hydrolysis) is 1. The van der Waals surface area contributed by atoms with Gasteiger partial charge in [0.05, 0.1) is 6.61 Å². The number of amides is 3. The van der Waals surface area contributed by atoms with E-state index in [4.69, 9.17) is 4.74 Å². The molecule has 1 rings (SSSR count). The Balaban J connectivity index is 2.64. The van der Waals surface area contributed by atoms with Gasteiger partial charge in [-0.2, -0.15) is 11.8 Å². The van der Waals surface area contributed by atoms with Crippen molar-refractivity contribution in [1.82, 2.24) is 10.6 Å². The molecule has 0 aliphatic rings. The van der Waals surface area contributed by atoms with E-state index < -0.39 is 36.5 Å². The van der Waals surface area contributed by atoms with Crippen molar-refractivity contribution < 1.29 is 28.7 Å². The third kappa shape index (κ3) is 8.59. The molecule has 0 radical (unpaired) electrons. The average molecular weight is 396 g/mol. The van der Waals surface area contributed by atoms with Crippen molar-refractivity contribution in [2.75, 3.05) is 25.2 Å². The Bertz CT molecular complexity index is 680. The molecule has 0 unspecified atom stereocenters. The predicted molar refractivity (Wildman–Crippen MR) is 102 cm³/mol. The highest BCUT2D eigenvalue weighted by Gasteiger charge is 2.23. The van der Waals surface area contributed by atoms with Gasteiger partial charge in [-0.1, -0.05) is 17.7 Å². The van der Waals surface area contributed by atoms with Crippen LogP contribution in [0.15, 0.2) is 24.3 Å². The van der Waals surface area contributed by atoms with Crippen molar-refractivity contribution in [1.29, 1.82) is 0 Å². The molecule has 0 bridgehead atoms. The molecular formula is C18H24N2O6S. The SMILES string of the molecule is CCOC(=O)NC(=O)COC(=O)[C@@H](CCSC)NC(=O)c1cccc(C)c1. The predicted octanol–water partition coefficient (Wildman–Crippen LogP) is 1.66. The summed E-state index contributed by atoms with van der Waals surface area (Å²) in [6.45, 7) is 2.92. The van der Waals surface area contributed by atoms with Crippen LogP contribution in [0.2, 0.25) is 0 Å². The summed E-state index contributed by atoms with van der Waals surface area (Å²) in [5.41, 5.74) is 1.35. The summed E-state index contributed by atoms with van der Waals surface area (Å²) in [6.07, 6.45) is 1.31. The van der Waals surface area contributed by atoms with Gasteiger partial charge in [0.2, 0.25) is 0 Å². The summed E-state index contributed by atoms with van der Waals surface area (Å²) in [4.78, 5) is 47.3. The molecule has 27 heavy (non-hydrogen) atoms. The molecule has 2 N–H and O–H groups in total. The van der Waals surface area contributed by atoms with Gasteiger partial charge >= 0.3 is 12.1 Å². The highest BCUT2D eigenvalue weighted by molar-refractivity contribution is 7.98. The molecule has 8 nitrogen and oxygen atoms in total. The zero-order chi connectivity index (χ0) is 20.2. The molecule has 0 aliphatic heterocycles. The molecule has 1 aromatic rings. The van der Waals surface area contributed by atoms with Crippen LogP contribution in [0, 0.1) is 6.92 Å². The first-order chi connectivity index (χ1) is 12.9. The largest absolute Gasteiger partial charge is 0.454 e. The standard InChI is InChI=1S/C18H24N2O6S/c1-4-25-18(24)20-15(21)11-26-17(23)14(8-9-27-3)19-16(22)13-7-5-6-12(2)10-13/h5-7,10,14H,4,8-9,11H2,1-3H3,(H,19,22)(H,20,21,24)/t14-/m1/s1. The monoisotopic (exact) mass is 396 g/mol. The Hall–Kier alpha value is -2.55. The molecule has 0 spiro atoms. The van der Waals surface area contributed by atoms with Gasteiger partial charge in [0.1, 0.15) is 6.04 Å². The molecule has 0 heterocycles. The number of carbonyl (C=O) groups excluding carboxylic acids is 4. The second kappa shape index (κ2) is 11.9. The zero-order valence-corrected chi connectivity index (χ0v) is 16.4. The zero-order valence-electron chi connectivity index (χ0n) is 15.6. The van der Waals surface area contributed by atoms with Crippen LogP contribution in [0.1, 0.15) is 29.3 Å². The number of rotatable bonds is 9. The van der Waals surface area contributed by atoms with Gasteiger partial charge in [-0.25, -0.2) is 9.59 Å². The van der Waals surface area contributed by atoms with Gasteiger partial charge in [-0.05, 0) is 44.4 Å². The van der Waals surface area contributed by atoms with E-state index in [1.807, 2.05) is 24.6 Å². The van der Waals surface area contributed by atoms with Crippen LogP contribution in [0.4, 0.5) is 4.79 Å². The molecule has 9 heteroatoms. The van der Waals surface area contributed by atoms with Crippen LogP contribution in [0.5, 0.6) is 0 Å². The molecular weight excluding hydrogens is 372 g/mol. The minimum atomic E-state index is -0.912. The lowest BCUT2D eigenvalue weighted by atomic mass is 10.1. The van der Waals surface area contributed by atoms with Crippen molar-refractivity contribution in [2.24, 2.45) is 0 Å². The third-order valence-electron chi connectivity index (χ3n) is 3.34. The fourth-order valence-corrected chi connectivity index (χ4v) is 2.54. The third-order valence-corrected chi connectivity index (χ3v) is 3.99. The van der Waals surface area contributed by atoms with Crippen molar-refractivity contribution in [3.63, 3.8) is 0 Å². The number of imide groups is 1. The molecule has 1 aromatic carbocycles. The van der Waals surface area contributed by atoms with E-state index in [0.29, 0.717) is 17.7 Å². The van der Waals surface area contributed by atoms with Crippen molar-refractivity contribution in [3.05, 3.63) is 35.4 Å². The summed E-state index contributed by atoms with van der Waals surface area (Å²) in [7, 11) is 0. The number of benzene rings is 1. The fourth-order valence-electron chi connectivity index (χ4n) is 2.07. The smallest absolute Gasteiger partial charge is 0.413 e. The van der Waals surface area contributed by atoms with Crippen LogP contribution in [-0.4, -0.2) is 55.1 Å². The van der Waals surface area contributed by atoms with E-state index in [2.05, 4.69) is 10.1 Å². The lowest BCUT2D eigenvalue weighted by Crippen LogP contribution is -2.43. The summed E-state index contributed by atoms with van der Waals surface area (Å²) < 4.78 is 9.48. The number of ether oxygens (including phenoxy) is 2. The number of nitrogens with one attached hydrogen (secondary N) is 2. The fraction of sp³-hybridized carbons (Fsp3) is 0.444. The van der Waals surface area contributed by atoms with Gasteiger partial charge < -0.3 is 14.8 Å². The van der Waals surface area contributed by atoms with Crippen LogP contribution in [0.3, 0.4) is 0 Å². The minimum Gasteiger partial charge on any atom is -0.454 e. The Morgan fingerprint density at radius 3 is 2.56 bits per heavy atom. The second-order valence-electron chi connectivity index (χ2n) is 5.55. The molecule has 0 fully saturated rings. The normalized spacial score (nSPS) is 11.2. The Morgan fingerprint density at radius 1 is 1.19 bits per heavy atom. The Labute approximate surface area is 162 Å². The molecule has 1 atom stereocenters. The van der Waals surface area contributed by atoms with E-state index in [0.717, 1.165) is 5.56 Å². The summed E-state index contributed by atoms with van der Waals surface area (Å²) in [5, 5.41) is 4.55. The topological polar surface area (TPSA) is 111 Å². The maximum absolute atomic E-state index is 12.4. The van der Waals surface area contributed by atoms with Crippen LogP contribution in [-0.2, 0) is 19.1 Å². The lowest BCUT2D eigenvalue weighted by Gasteiger charge is -2.17. The van der Waals surface area contributed by atoms with E-state index in [1.54, 1.807) is 25.1 Å². The van der Waals surface area contributed by atoms with E-state index in [1.165, 1.54) is 11.8 Å². The number of hydrogen-bond donors (Lipinski definition) is 2. The van der Waals surface area contributed by atoms with Gasteiger partial charge in [0.15, 0.2) is 6.61 Å². The van der Waals surface area contributed by atoms with Crippen molar-refractivity contribution >= 4 is 35.6 Å². The molecule has 0 aromatic heterocycles. The molecule has 0 aliphatic carbocycles. The van der Waals surface area contributed by atoms with Gasteiger partial charge in [-0.3, -0.25) is 14.9 Å². The quantitative estimate of drug-likeness (QED) is 0.611. The first kappa shape index (κ1) is 22.5. The number of carbonyl (C=O) groups is 4. The molecule has 3 amide bonds. The minimum absolute atomic E-state index is 0.112. The maximum atomic E-state index is 12.4. The van der Waals surface area contributed by atoms with Gasteiger partial charge in [0.25, 0.3) is 11.8 Å². The molecule has 148 valence electrons. The average Bonchev–Trinajstić information content (AvgIpc) is 2.63. The highest BCUT2D eigenvalue weighted by Crippen LogP contribution is 2.07. The summed E-state index contributed by atoms with van der Waals surface area (Å²) in [6, 6.07) is 6.06. The first-order valence-corrected chi connectivity index (χ1v) is 9.76. The maximum Gasteiger partial charge on any atom is 0.413 e. The lowest BCUT2D eigenvalue weighted by molar-refractivity contribution is -0.150. The molecule has 0 saturated heterocycles. The van der Waals surface area contributed by atoms with E-state index in [-0.39, 0.29) is 6.61 Å². The Morgan fingerprint density at radius 2 is 1.93 bits per heavy atom. The van der Waals surface area contributed by atoms with Crippen LogP contribution < -0.4 is 10.6 Å². The van der Waals surface area contributed by atoms with Crippen molar-refractivity contribution in [3.8, 4) is 0 Å². The van der Waals surface area contributed by atoms with Crippen LogP contribution >= 0.6 is 11.8 Å².